The van der Waals surface area contributed by atoms with Crippen LogP contribution in [-0.4, -0.2) is 242 Å². The summed E-state index contributed by atoms with van der Waals surface area (Å²) < 4.78 is 0. The van der Waals surface area contributed by atoms with Crippen LogP contribution in [-0.2, 0) is 48.5 Å². The number of aromatic carboxylic acids is 1. The van der Waals surface area contributed by atoms with E-state index in [0.29, 0.717) is 106 Å². The first-order valence-corrected chi connectivity index (χ1v) is 49.7. The van der Waals surface area contributed by atoms with Gasteiger partial charge in [-0.15, -0.1) is 0 Å². The lowest BCUT2D eigenvalue weighted by atomic mass is 9.45. The molecule has 6 aromatic rings. The summed E-state index contributed by atoms with van der Waals surface area (Å²) in [4.78, 5) is 103. The number of nitrogens with one attached hydrogen (secondary N) is 5. The number of carbonyl (C=O) groups is 6. The monoisotopic (exact) mass is 1860 g/mol. The van der Waals surface area contributed by atoms with Crippen LogP contribution in [0.3, 0.4) is 0 Å². The van der Waals surface area contributed by atoms with E-state index in [2.05, 4.69) is 126 Å². The predicted octanol–water partition coefficient (Wildman–Crippen LogP) is 13.2. The molecule has 26 atom stereocenters. The van der Waals surface area contributed by atoms with E-state index in [0.717, 1.165) is 95.3 Å². The fourth-order valence-corrected chi connectivity index (χ4v) is 25.0. The topological polar surface area (TPSA) is 348 Å². The van der Waals surface area contributed by atoms with Crippen molar-refractivity contribution in [2.75, 3.05) is 61.1 Å². The average Bonchev–Trinajstić information content (AvgIpc) is 1.06. The zero-order valence-corrected chi connectivity index (χ0v) is 83.4. The van der Waals surface area contributed by atoms with Crippen LogP contribution in [0, 0.1) is 99.1 Å². The van der Waals surface area contributed by atoms with E-state index in [4.69, 9.17) is 14.5 Å². The van der Waals surface area contributed by atoms with Crippen molar-refractivity contribution in [3.8, 4) is 33.4 Å². The highest BCUT2D eigenvalue weighted by molar-refractivity contribution is 5.97. The molecule has 0 spiro atoms. The van der Waals surface area contributed by atoms with Crippen molar-refractivity contribution in [3.05, 3.63) is 179 Å². The summed E-state index contributed by atoms with van der Waals surface area (Å²) >= 11 is 0. The number of hydroxylamine groups is 6. The summed E-state index contributed by atoms with van der Waals surface area (Å²) in [6.07, 6.45) is 3.68. The second-order valence-corrected chi connectivity index (χ2v) is 44.5. The normalized spacial score (nSPS) is 30.2. The Morgan fingerprint density at radius 2 is 0.652 bits per heavy atom. The number of aliphatic hydroxyl groups excluding tert-OH is 6. The molecule has 0 unspecified atom stereocenters. The Morgan fingerprint density at radius 1 is 0.393 bits per heavy atom. The zero-order valence-electron chi connectivity index (χ0n) is 83.4. The maximum atomic E-state index is 14.0. The average molecular weight is 1860 g/mol. The molecule has 135 heavy (non-hydrogen) atoms. The molecule has 12 fully saturated rings. The molecule has 18 rings (SSSR count). The Morgan fingerprint density at radius 3 is 0.889 bits per heavy atom. The molecule has 6 aromatic carbocycles. The molecule has 3 saturated heterocycles. The Hall–Kier alpha value is -8.42. The third-order valence-electron chi connectivity index (χ3n) is 32.7. The van der Waals surface area contributed by atoms with Crippen LogP contribution >= 0.6 is 0 Å². The quantitative estimate of drug-likeness (QED) is 0.0179. The number of carbonyl (C=O) groups excluding carboxylic acids is 5. The molecule has 3 heterocycles. The third kappa shape index (κ3) is 23.5. The molecule has 9 aliphatic carbocycles. The summed E-state index contributed by atoms with van der Waals surface area (Å²) in [7, 11) is 8.07. The van der Waals surface area contributed by atoms with Gasteiger partial charge in [-0.2, -0.15) is 15.2 Å². The minimum Gasteiger partial charge on any atom is -0.478 e. The second kappa shape index (κ2) is 44.0. The van der Waals surface area contributed by atoms with Crippen molar-refractivity contribution in [1.82, 2.24) is 51.6 Å². The van der Waals surface area contributed by atoms with Crippen molar-refractivity contribution in [1.29, 1.82) is 0 Å². The molecule has 12 N–H and O–H groups in total. The molecule has 3 aliphatic heterocycles. The fourth-order valence-electron chi connectivity index (χ4n) is 25.0. The molecule has 0 aromatic heterocycles. The van der Waals surface area contributed by atoms with Crippen molar-refractivity contribution in [2.24, 2.45) is 99.1 Å². The van der Waals surface area contributed by atoms with Gasteiger partial charge < -0.3 is 72.1 Å². The molecular weight excluding hydrogens is 1710 g/mol. The Bertz CT molecular complexity index is 4820. The highest BCUT2D eigenvalue weighted by Gasteiger charge is 2.61. The van der Waals surface area contributed by atoms with Gasteiger partial charge in [-0.25, -0.2) is 4.79 Å². The van der Waals surface area contributed by atoms with Crippen molar-refractivity contribution >= 4 is 35.5 Å². The Labute approximate surface area is 801 Å². The van der Waals surface area contributed by atoms with Crippen LogP contribution in [0.2, 0.25) is 0 Å². The lowest BCUT2D eigenvalue weighted by molar-refractivity contribution is -0.183. The maximum absolute atomic E-state index is 14.0. The number of hydrogen-bond donors (Lipinski definition) is 12. The zero-order chi connectivity index (χ0) is 97.9. The van der Waals surface area contributed by atoms with Crippen molar-refractivity contribution in [3.63, 3.8) is 0 Å². The molecule has 0 radical (unpaired) electrons. The van der Waals surface area contributed by atoms with E-state index < -0.39 is 78.5 Å². The van der Waals surface area contributed by atoms with Crippen LogP contribution in [0.25, 0.3) is 33.4 Å². The lowest BCUT2D eigenvalue weighted by Crippen LogP contribution is -2.62. The first kappa shape index (κ1) is 104. The van der Waals surface area contributed by atoms with Crippen LogP contribution in [0.15, 0.2) is 146 Å². The number of carboxylic acids is 1. The van der Waals surface area contributed by atoms with Crippen LogP contribution in [0.4, 0.5) is 0 Å². The summed E-state index contributed by atoms with van der Waals surface area (Å²) in [5.74, 6) is 2.17. The van der Waals surface area contributed by atoms with E-state index in [-0.39, 0.29) is 91.7 Å². The first-order chi connectivity index (χ1) is 63.9. The van der Waals surface area contributed by atoms with Gasteiger partial charge in [0, 0.05) is 72.2 Å². The van der Waals surface area contributed by atoms with Gasteiger partial charge >= 0.3 is 5.97 Å². The Balaban J connectivity index is 0.000000173. The number of nitrogens with zero attached hydrogens (tertiary/aromatic N) is 5. The maximum Gasteiger partial charge on any atom is 0.335 e. The predicted molar refractivity (Wildman–Crippen MR) is 524 cm³/mol. The van der Waals surface area contributed by atoms with Crippen LogP contribution in [0.5, 0.6) is 0 Å². The van der Waals surface area contributed by atoms with Gasteiger partial charge in [-0.3, -0.25) is 38.5 Å². The van der Waals surface area contributed by atoms with Crippen molar-refractivity contribution < 1.29 is 79.0 Å². The van der Waals surface area contributed by atoms with Gasteiger partial charge in [0.05, 0.1) is 63.3 Å². The molecule has 26 nitrogen and oxygen atoms in total. The molecule has 9 saturated carbocycles. The highest BCUT2D eigenvalue weighted by Crippen LogP contribution is 2.64. The second-order valence-electron chi connectivity index (χ2n) is 44.5. The molecule has 6 bridgehead atoms. The number of aliphatic hydroxyl groups is 6. The standard InChI is InChI=1S/2C39H58N4O5.C31H40N2O6/c2*1-23(2)15-31(21-42(7)8)40-37(46)29-14-10-13-28(17-29)27-12-9-11-26(16-27)20-43-36(35(25(4)45)34(22-44)48-43)38(47)41-33-19-30-18-32(24(33)3)39(30,5)6;1-17-24-13-23(31(24,3)4)14-25(17)32-29(36)28-27(18(2)35)26(16-34)39-33(28)15-19-7-5-8-20(11-19)21-9-6-10-22(12-21)30(37)38/h2*9-14,16-17,23-25,30-36,44-45H,15,18-22H2,1-8H3,(H,40,46)(H,41,47);5-12,17-18,23-28,34-35H,13-16H2,1-4H3,(H,32,36)(H,37,38)/t2*24-,25-,30+,31-,32-,33-,34-,35+,36-;17-,18-,23+,24-,25-,26-,27+,28-/m000/s1. The smallest absolute Gasteiger partial charge is 0.335 e. The highest BCUT2D eigenvalue weighted by atomic mass is 16.7. The largest absolute Gasteiger partial charge is 0.478 e. The number of hydrogen-bond acceptors (Lipinski definition) is 20. The third-order valence-corrected chi connectivity index (χ3v) is 32.7. The SMILES string of the molecule is CC(C)C[C@@H](CN(C)C)NC(=O)c1cccc(-c2cccc(CN3O[C@@H](CO)[C@@H]([C@H](C)O)[C@H]3C(=O)N[C@H]3C[C@H]4C[C@@H]([C@@H]3C)C4(C)C)c2)c1.CC(C)C[C@@H](CN(C)C)NC(=O)c1cccc(-c2cccc(CN3O[C@@H](CO)[C@@H]([C@H](C)O)[C@H]3C(=O)N[C@H]3C[C@H]4C[C@@H]([C@@H]3C)C4(C)C)c2)c1.C[C@@H]1[C@@H](NC(=O)[C@@H]2[C@H]([C@H](C)O)[C@H](CO)ON2Cc2cccc(-c3cccc(C(=O)O)c3)c2)C[C@H]2C[C@@H]1C2(C)C. The van der Waals surface area contributed by atoms with Crippen LogP contribution < -0.4 is 26.6 Å². The van der Waals surface area contributed by atoms with Gasteiger partial charge in [-0.1, -0.05) is 181 Å². The molecule has 5 amide bonds. The number of rotatable bonds is 34. The first-order valence-electron chi connectivity index (χ1n) is 49.7. The van der Waals surface area contributed by atoms with Gasteiger partial charge in [0.1, 0.15) is 36.4 Å². The van der Waals surface area contributed by atoms with Gasteiger partial charge in [0.2, 0.25) is 17.7 Å². The molecule has 26 heteroatoms. The molecule has 12 aliphatic rings. The number of carboxylic acid groups (broad SMARTS) is 1. The summed E-state index contributed by atoms with van der Waals surface area (Å²) in [5.41, 5.74) is 10.4. The van der Waals surface area contributed by atoms with E-state index in [1.165, 1.54) is 19.3 Å². The number of amides is 5. The Kier molecular flexibility index (Phi) is 33.8. The van der Waals surface area contributed by atoms with E-state index in [9.17, 15) is 64.5 Å². The number of fused-ring (bicyclic) bond motifs is 6. The lowest BCUT2D eigenvalue weighted by Gasteiger charge is -2.62. The van der Waals surface area contributed by atoms with Crippen molar-refractivity contribution in [2.45, 2.75) is 267 Å². The minimum absolute atomic E-state index is 0.0529. The molecular formula is C109H156N10O16. The van der Waals surface area contributed by atoms with Gasteiger partial charge in [0.15, 0.2) is 0 Å². The fraction of sp³-hybridized carbons (Fsp3) is 0.615. The van der Waals surface area contributed by atoms with E-state index >= 15 is 0 Å². The summed E-state index contributed by atoms with van der Waals surface area (Å²) in [5, 5.41) is 93.4. The number of benzene rings is 6. The molecule has 738 valence electrons. The van der Waals surface area contributed by atoms with Gasteiger partial charge in [-0.05, 0) is 286 Å². The van der Waals surface area contributed by atoms with Crippen LogP contribution in [0.1, 0.15) is 210 Å². The summed E-state index contributed by atoms with van der Waals surface area (Å²) in [6, 6.07) is 43.8. The number of likely N-dealkylation sites (N-methyl/N-ethyl adjacent to an activating group) is 2. The summed E-state index contributed by atoms with van der Waals surface area (Å²) in [6.45, 7) is 35.9. The van der Waals surface area contributed by atoms with E-state index in [1.54, 1.807) is 54.2 Å². The van der Waals surface area contributed by atoms with Gasteiger partial charge in [0.25, 0.3) is 11.8 Å². The minimum atomic E-state index is -0.986. The van der Waals surface area contributed by atoms with E-state index in [1.807, 2.05) is 156 Å².